The fourth-order valence-corrected chi connectivity index (χ4v) is 7.74. The normalized spacial score (nSPS) is 17.9. The minimum Gasteiger partial charge on any atom is -0.481 e. The maximum Gasteiger partial charge on any atom is 0.451 e. The van der Waals surface area contributed by atoms with Gasteiger partial charge in [-0.2, -0.15) is 18.4 Å². The van der Waals surface area contributed by atoms with Crippen LogP contribution in [-0.2, 0) is 24.1 Å². The number of aliphatic hydroxyl groups is 1. The van der Waals surface area contributed by atoms with Crippen molar-refractivity contribution in [2.24, 2.45) is 5.92 Å². The zero-order valence-corrected chi connectivity index (χ0v) is 30.6. The van der Waals surface area contributed by atoms with E-state index < -0.39 is 30.0 Å². The summed E-state index contributed by atoms with van der Waals surface area (Å²) in [5, 5.41) is 32.4. The number of aliphatic carboxylic acids is 1. The first-order valence-corrected chi connectivity index (χ1v) is 18.2. The average Bonchev–Trinajstić information content (AvgIpc) is 3.92. The SMILES string of the molecule is Cc1c(Nc2nc(C(F)(F)F)nc3cc(CN4CC[C@@H](O)C4)cnc23)cccc1-c1cccc(-c2nc3cc(CN4CC[C@@H](C(=O)O)C4)cc(C#N)c3o2)c1C. The van der Waals surface area contributed by atoms with Gasteiger partial charge in [-0.1, -0.05) is 24.3 Å². The van der Waals surface area contributed by atoms with Gasteiger partial charge in [0.05, 0.1) is 23.1 Å². The standard InChI is InChI=1S/C41H37F3N8O4/c1-22-29(5-3-7-31(22)38-48-34-14-24(13-27(16-45)36(34)56-38)18-51-11-9-26(20-51)39(54)55)30-6-4-8-32(23(30)2)47-37-35-33(49-40(50-37)41(42,43)44)15-25(17-46-35)19-52-12-10-28(53)21-52/h3-8,13-15,17,26,28,53H,9-12,18-21H2,1-2H3,(H,54,55)(H,47,49,50)/t26-,28-/m1/s1. The number of carboxylic acids is 1. The van der Waals surface area contributed by atoms with E-state index in [2.05, 4.69) is 31.2 Å². The molecule has 6 aromatic rings. The Labute approximate surface area is 319 Å². The van der Waals surface area contributed by atoms with Gasteiger partial charge in [0.2, 0.25) is 11.7 Å². The van der Waals surface area contributed by atoms with E-state index in [9.17, 15) is 33.4 Å². The minimum atomic E-state index is -4.80. The molecule has 0 unspecified atom stereocenters. The molecule has 2 aliphatic rings. The molecule has 2 saturated heterocycles. The van der Waals surface area contributed by atoms with Crippen LogP contribution in [0.2, 0.25) is 0 Å². The van der Waals surface area contributed by atoms with Gasteiger partial charge in [-0.25, -0.2) is 15.0 Å². The van der Waals surface area contributed by atoms with Crippen molar-refractivity contribution in [2.45, 2.75) is 52.1 Å². The molecule has 0 radical (unpaired) electrons. The van der Waals surface area contributed by atoms with Crippen molar-refractivity contribution in [3.63, 3.8) is 0 Å². The second kappa shape index (κ2) is 14.6. The zero-order valence-electron chi connectivity index (χ0n) is 30.6. The molecule has 0 spiro atoms. The van der Waals surface area contributed by atoms with Crippen molar-refractivity contribution >= 4 is 39.6 Å². The molecule has 0 aliphatic carbocycles. The van der Waals surface area contributed by atoms with Crippen LogP contribution in [0.4, 0.5) is 24.7 Å². The minimum absolute atomic E-state index is 0.0531. The Bertz CT molecular complexity index is 2550. The molecular formula is C41H37F3N8O4. The lowest BCUT2D eigenvalue weighted by Crippen LogP contribution is -2.22. The predicted molar refractivity (Wildman–Crippen MR) is 202 cm³/mol. The Balaban J connectivity index is 1.11. The summed E-state index contributed by atoms with van der Waals surface area (Å²) in [6, 6.07) is 18.6. The molecule has 0 amide bonds. The Morgan fingerprint density at radius 1 is 0.929 bits per heavy atom. The highest BCUT2D eigenvalue weighted by Gasteiger charge is 2.36. The summed E-state index contributed by atoms with van der Waals surface area (Å²) in [5.74, 6) is -2.26. The van der Waals surface area contributed by atoms with Gasteiger partial charge in [-0.3, -0.25) is 19.6 Å². The number of fused-ring (bicyclic) bond motifs is 2. The van der Waals surface area contributed by atoms with Crippen molar-refractivity contribution < 1.29 is 32.6 Å². The van der Waals surface area contributed by atoms with Gasteiger partial charge in [-0.15, -0.1) is 0 Å². The summed E-state index contributed by atoms with van der Waals surface area (Å²) in [5.41, 5.74) is 7.42. The van der Waals surface area contributed by atoms with Crippen molar-refractivity contribution in [3.05, 3.63) is 94.4 Å². The molecule has 12 nitrogen and oxygen atoms in total. The van der Waals surface area contributed by atoms with Crippen molar-refractivity contribution in [2.75, 3.05) is 31.5 Å². The van der Waals surface area contributed by atoms with Crippen molar-refractivity contribution in [1.29, 1.82) is 5.26 Å². The zero-order chi connectivity index (χ0) is 39.3. The lowest BCUT2D eigenvalue weighted by Gasteiger charge is -2.18. The number of oxazole rings is 1. The third-order valence-corrected chi connectivity index (χ3v) is 10.6. The van der Waals surface area contributed by atoms with Crippen LogP contribution in [0, 0.1) is 31.1 Å². The molecular weight excluding hydrogens is 725 g/mol. The molecule has 3 aromatic heterocycles. The van der Waals surface area contributed by atoms with E-state index in [4.69, 9.17) is 9.40 Å². The van der Waals surface area contributed by atoms with Gasteiger partial charge in [0.15, 0.2) is 11.4 Å². The third-order valence-electron chi connectivity index (χ3n) is 10.6. The number of carbonyl (C=O) groups is 1. The van der Waals surface area contributed by atoms with E-state index >= 15 is 0 Å². The monoisotopic (exact) mass is 762 g/mol. The summed E-state index contributed by atoms with van der Waals surface area (Å²) in [6.45, 7) is 6.96. The Morgan fingerprint density at radius 2 is 1.62 bits per heavy atom. The van der Waals surface area contributed by atoms with Crippen LogP contribution in [0.5, 0.6) is 0 Å². The quantitative estimate of drug-likeness (QED) is 0.136. The second-order valence-electron chi connectivity index (χ2n) is 14.5. The van der Waals surface area contributed by atoms with Gasteiger partial charge in [0, 0.05) is 50.2 Å². The average molecular weight is 763 g/mol. The fourth-order valence-electron chi connectivity index (χ4n) is 7.74. The van der Waals surface area contributed by atoms with Crippen LogP contribution >= 0.6 is 0 Å². The van der Waals surface area contributed by atoms with E-state index in [0.717, 1.165) is 27.8 Å². The maximum absolute atomic E-state index is 14.1. The second-order valence-corrected chi connectivity index (χ2v) is 14.5. The Kier molecular flexibility index (Phi) is 9.65. The molecule has 15 heteroatoms. The number of hydrogen-bond acceptors (Lipinski definition) is 11. The Hall–Kier alpha value is -5.95. The fraction of sp³-hybridized carbons (Fsp3) is 0.317. The van der Waals surface area contributed by atoms with Gasteiger partial charge in [0.25, 0.3) is 0 Å². The first-order chi connectivity index (χ1) is 26.8. The lowest BCUT2D eigenvalue weighted by atomic mass is 9.93. The van der Waals surface area contributed by atoms with Crippen LogP contribution in [0.3, 0.4) is 0 Å². The molecule has 0 saturated carbocycles. The number of aromatic nitrogens is 4. The molecule has 3 N–H and O–H groups in total. The number of halogens is 3. The molecule has 2 fully saturated rings. The summed E-state index contributed by atoms with van der Waals surface area (Å²) >= 11 is 0. The number of hydrogen-bond donors (Lipinski definition) is 3. The summed E-state index contributed by atoms with van der Waals surface area (Å²) in [6.07, 6.45) is -2.42. The molecule has 56 heavy (non-hydrogen) atoms. The van der Waals surface area contributed by atoms with Crippen LogP contribution in [0.25, 0.3) is 44.7 Å². The van der Waals surface area contributed by atoms with Crippen LogP contribution < -0.4 is 5.32 Å². The largest absolute Gasteiger partial charge is 0.481 e. The van der Waals surface area contributed by atoms with Crippen LogP contribution in [0.15, 0.2) is 65.2 Å². The number of nitrogens with one attached hydrogen (secondary N) is 1. The van der Waals surface area contributed by atoms with Gasteiger partial charge < -0.3 is 19.9 Å². The number of alkyl halides is 3. The van der Waals surface area contributed by atoms with E-state index in [1.165, 1.54) is 0 Å². The first-order valence-electron chi connectivity index (χ1n) is 18.2. The van der Waals surface area contributed by atoms with Crippen LogP contribution in [0.1, 0.15) is 46.5 Å². The molecule has 2 aliphatic heterocycles. The highest BCUT2D eigenvalue weighted by atomic mass is 19.4. The topological polar surface area (TPSA) is 165 Å². The van der Waals surface area contributed by atoms with E-state index in [-0.39, 0.29) is 16.9 Å². The molecule has 0 bridgehead atoms. The third kappa shape index (κ3) is 7.26. The van der Waals surface area contributed by atoms with E-state index in [0.29, 0.717) is 91.5 Å². The van der Waals surface area contributed by atoms with Crippen molar-refractivity contribution in [1.82, 2.24) is 29.7 Å². The van der Waals surface area contributed by atoms with Gasteiger partial charge in [-0.05, 0) is 96.9 Å². The van der Waals surface area contributed by atoms with Gasteiger partial charge in [0.1, 0.15) is 17.1 Å². The summed E-state index contributed by atoms with van der Waals surface area (Å²) in [7, 11) is 0. The molecule has 2 atom stereocenters. The molecule has 286 valence electrons. The highest BCUT2D eigenvalue weighted by molar-refractivity contribution is 5.90. The number of pyridine rings is 1. The molecule has 5 heterocycles. The highest BCUT2D eigenvalue weighted by Crippen LogP contribution is 2.38. The number of aliphatic hydroxyl groups excluding tert-OH is 1. The van der Waals surface area contributed by atoms with Crippen LogP contribution in [-0.4, -0.2) is 78.2 Å². The molecule has 3 aromatic carbocycles. The predicted octanol–water partition coefficient (Wildman–Crippen LogP) is 7.22. The van der Waals surface area contributed by atoms with E-state index in [1.807, 2.05) is 49.1 Å². The number of benzene rings is 3. The number of carboxylic acid groups (broad SMARTS) is 1. The Morgan fingerprint density at radius 3 is 2.34 bits per heavy atom. The number of anilines is 2. The summed E-state index contributed by atoms with van der Waals surface area (Å²) < 4.78 is 48.5. The van der Waals surface area contributed by atoms with Crippen molar-refractivity contribution in [3.8, 4) is 28.7 Å². The number of rotatable bonds is 9. The summed E-state index contributed by atoms with van der Waals surface area (Å²) in [4.78, 5) is 32.5. The number of nitriles is 1. The lowest BCUT2D eigenvalue weighted by molar-refractivity contribution is -0.144. The number of likely N-dealkylation sites (tertiary alicyclic amines) is 2. The van der Waals surface area contributed by atoms with Gasteiger partial charge >= 0.3 is 12.1 Å². The first kappa shape index (κ1) is 37.0. The smallest absolute Gasteiger partial charge is 0.451 e. The number of nitrogens with zero attached hydrogens (tertiary/aromatic N) is 7. The maximum atomic E-state index is 14.1. The van der Waals surface area contributed by atoms with E-state index in [1.54, 1.807) is 30.5 Å². The number of β-amino-alcohol motifs (C(OH)–C–C–N with tert-alkyl or cyclic N) is 1. The molecule has 8 rings (SSSR count).